The number of ketones is 1. The van der Waals surface area contributed by atoms with Crippen molar-refractivity contribution in [2.45, 2.75) is 6.61 Å². The predicted molar refractivity (Wildman–Crippen MR) is 63.7 cm³/mol. The Hall–Kier alpha value is -1.59. The average Bonchev–Trinajstić information content (AvgIpc) is 2.97. The first-order valence-electron chi connectivity index (χ1n) is 4.99. The van der Waals surface area contributed by atoms with Crippen LogP contribution in [0, 0.1) is 0 Å². The fourth-order valence-corrected chi connectivity index (χ4v) is 2.19. The Bertz CT molecular complexity index is 512. The van der Waals surface area contributed by atoms with Crippen LogP contribution in [0.1, 0.15) is 21.2 Å². The molecule has 0 N–H and O–H groups in total. The van der Waals surface area contributed by atoms with Crippen LogP contribution in [0.3, 0.4) is 0 Å². The van der Waals surface area contributed by atoms with E-state index in [1.165, 1.54) is 11.3 Å². The molecule has 2 rings (SSSR count). The second kappa shape index (κ2) is 5.16. The molecule has 0 fully saturated rings. The summed E-state index contributed by atoms with van der Waals surface area (Å²) in [6.07, 6.45) is 0. The van der Waals surface area contributed by atoms with Crippen molar-refractivity contribution < 1.29 is 18.7 Å². The van der Waals surface area contributed by atoms with Crippen molar-refractivity contribution in [1.82, 2.24) is 0 Å². The van der Waals surface area contributed by atoms with Crippen LogP contribution in [0.25, 0.3) is 0 Å². The summed E-state index contributed by atoms with van der Waals surface area (Å²) in [5, 5.41) is 1.78. The molecular weight excluding hydrogens is 240 g/mol. The highest BCUT2D eigenvalue weighted by Gasteiger charge is 2.16. The van der Waals surface area contributed by atoms with Gasteiger partial charge in [-0.25, -0.2) is 0 Å². The minimum Gasteiger partial charge on any atom is -0.496 e. The van der Waals surface area contributed by atoms with E-state index >= 15 is 0 Å². The minimum absolute atomic E-state index is 0.138. The fourth-order valence-electron chi connectivity index (χ4n) is 1.39. The minimum atomic E-state index is -0.138. The van der Waals surface area contributed by atoms with E-state index in [-0.39, 0.29) is 5.78 Å². The summed E-state index contributed by atoms with van der Waals surface area (Å²) in [5.74, 6) is 1.50. The SMILES string of the molecule is COCc1ccc(C(=O)c2cc(OC)cs2)o1. The van der Waals surface area contributed by atoms with Gasteiger partial charge >= 0.3 is 0 Å². The van der Waals surface area contributed by atoms with Crippen LogP contribution in [0.5, 0.6) is 5.75 Å². The Balaban J connectivity index is 2.18. The molecule has 0 spiro atoms. The van der Waals surface area contributed by atoms with Gasteiger partial charge in [0.25, 0.3) is 0 Å². The molecule has 2 aromatic heterocycles. The van der Waals surface area contributed by atoms with Gasteiger partial charge in [0, 0.05) is 18.6 Å². The number of methoxy groups -OCH3 is 2. The second-order valence-corrected chi connectivity index (χ2v) is 4.29. The van der Waals surface area contributed by atoms with Crippen molar-refractivity contribution in [2.24, 2.45) is 0 Å². The van der Waals surface area contributed by atoms with Crippen LogP contribution in [0.2, 0.25) is 0 Å². The first-order chi connectivity index (χ1) is 8.24. The number of hydrogen-bond acceptors (Lipinski definition) is 5. The van der Waals surface area contributed by atoms with Gasteiger partial charge in [-0.2, -0.15) is 0 Å². The zero-order valence-electron chi connectivity index (χ0n) is 9.56. The van der Waals surface area contributed by atoms with E-state index in [1.807, 2.05) is 0 Å². The summed E-state index contributed by atoms with van der Waals surface area (Å²) >= 11 is 1.33. The van der Waals surface area contributed by atoms with E-state index in [1.54, 1.807) is 37.8 Å². The van der Waals surface area contributed by atoms with Gasteiger partial charge < -0.3 is 13.9 Å². The maximum atomic E-state index is 12.0. The van der Waals surface area contributed by atoms with Crippen LogP contribution >= 0.6 is 11.3 Å². The van der Waals surface area contributed by atoms with Crippen molar-refractivity contribution in [3.63, 3.8) is 0 Å². The summed E-state index contributed by atoms with van der Waals surface area (Å²) in [6.45, 7) is 0.362. The van der Waals surface area contributed by atoms with Crippen LogP contribution in [-0.4, -0.2) is 20.0 Å². The smallest absolute Gasteiger partial charge is 0.238 e. The van der Waals surface area contributed by atoms with Gasteiger partial charge in [-0.3, -0.25) is 4.79 Å². The number of rotatable bonds is 5. The molecule has 0 aromatic carbocycles. The van der Waals surface area contributed by atoms with Crippen LogP contribution in [-0.2, 0) is 11.3 Å². The second-order valence-electron chi connectivity index (χ2n) is 3.38. The number of furan rings is 1. The lowest BCUT2D eigenvalue weighted by Gasteiger charge is -1.94. The molecule has 0 atom stereocenters. The zero-order valence-corrected chi connectivity index (χ0v) is 10.4. The Morgan fingerprint density at radius 1 is 1.41 bits per heavy atom. The molecule has 4 nitrogen and oxygen atoms in total. The summed E-state index contributed by atoms with van der Waals surface area (Å²) in [7, 11) is 3.15. The molecule has 5 heteroatoms. The first-order valence-corrected chi connectivity index (χ1v) is 5.87. The number of thiophene rings is 1. The summed E-state index contributed by atoms with van der Waals surface area (Å²) in [4.78, 5) is 12.6. The molecule has 0 amide bonds. The lowest BCUT2D eigenvalue weighted by Crippen LogP contribution is -1.96. The molecule has 17 heavy (non-hydrogen) atoms. The van der Waals surface area contributed by atoms with Crippen LogP contribution < -0.4 is 4.74 Å². The molecule has 2 heterocycles. The van der Waals surface area contributed by atoms with Gasteiger partial charge in [-0.1, -0.05) is 0 Å². The lowest BCUT2D eigenvalue weighted by molar-refractivity contribution is 0.100. The average molecular weight is 252 g/mol. The van der Waals surface area contributed by atoms with Crippen molar-refractivity contribution in [3.8, 4) is 5.75 Å². The Morgan fingerprint density at radius 3 is 2.88 bits per heavy atom. The van der Waals surface area contributed by atoms with Crippen molar-refractivity contribution in [3.05, 3.63) is 40.0 Å². The van der Waals surface area contributed by atoms with Gasteiger partial charge in [0.05, 0.1) is 12.0 Å². The highest BCUT2D eigenvalue weighted by Crippen LogP contribution is 2.24. The van der Waals surface area contributed by atoms with Crippen molar-refractivity contribution >= 4 is 17.1 Å². The van der Waals surface area contributed by atoms with Gasteiger partial charge in [0.2, 0.25) is 5.78 Å². The Labute approximate surface area is 103 Å². The van der Waals surface area contributed by atoms with Gasteiger partial charge in [-0.05, 0) is 12.1 Å². The molecule has 0 unspecified atom stereocenters. The molecule has 0 aliphatic rings. The molecule has 2 aromatic rings. The molecule has 0 aliphatic heterocycles. The van der Waals surface area contributed by atoms with E-state index in [0.29, 0.717) is 28.8 Å². The standard InChI is InChI=1S/C12H12O4S/c1-14-6-8-3-4-10(16-8)12(13)11-5-9(15-2)7-17-11/h3-5,7H,6H2,1-2H3. The van der Waals surface area contributed by atoms with Gasteiger partial charge in [-0.15, -0.1) is 11.3 Å². The summed E-state index contributed by atoms with van der Waals surface area (Å²) in [5.41, 5.74) is 0. The third-order valence-electron chi connectivity index (χ3n) is 2.21. The van der Waals surface area contributed by atoms with E-state index in [0.717, 1.165) is 0 Å². The van der Waals surface area contributed by atoms with E-state index in [9.17, 15) is 4.79 Å². The van der Waals surface area contributed by atoms with Crippen LogP contribution in [0.4, 0.5) is 0 Å². The van der Waals surface area contributed by atoms with Crippen LogP contribution in [0.15, 0.2) is 28.0 Å². The van der Waals surface area contributed by atoms with E-state index < -0.39 is 0 Å². The molecule has 0 aliphatic carbocycles. The molecule has 0 bridgehead atoms. The molecule has 0 radical (unpaired) electrons. The third-order valence-corrected chi connectivity index (χ3v) is 3.11. The largest absolute Gasteiger partial charge is 0.496 e. The summed E-state index contributed by atoms with van der Waals surface area (Å²) < 4.78 is 15.3. The Morgan fingerprint density at radius 2 is 2.24 bits per heavy atom. The molecule has 0 saturated carbocycles. The van der Waals surface area contributed by atoms with Gasteiger partial charge in [0.15, 0.2) is 5.76 Å². The highest BCUT2D eigenvalue weighted by atomic mass is 32.1. The normalized spacial score (nSPS) is 10.5. The number of ether oxygens (including phenoxy) is 2. The fraction of sp³-hybridized carbons (Fsp3) is 0.250. The molecule has 90 valence electrons. The Kier molecular flexibility index (Phi) is 3.61. The van der Waals surface area contributed by atoms with Gasteiger partial charge in [0.1, 0.15) is 18.1 Å². The highest BCUT2D eigenvalue weighted by molar-refractivity contribution is 7.12. The number of carbonyl (C=O) groups is 1. The molecule has 0 saturated heterocycles. The number of hydrogen-bond donors (Lipinski definition) is 0. The van der Waals surface area contributed by atoms with E-state index in [2.05, 4.69) is 0 Å². The van der Waals surface area contributed by atoms with E-state index in [4.69, 9.17) is 13.9 Å². The maximum absolute atomic E-state index is 12.0. The monoisotopic (exact) mass is 252 g/mol. The zero-order chi connectivity index (χ0) is 12.3. The maximum Gasteiger partial charge on any atom is 0.238 e. The van der Waals surface area contributed by atoms with Crippen molar-refractivity contribution in [1.29, 1.82) is 0 Å². The summed E-state index contributed by atoms with van der Waals surface area (Å²) in [6, 6.07) is 5.09. The molecular formula is C12H12O4S. The number of carbonyl (C=O) groups excluding carboxylic acids is 1. The van der Waals surface area contributed by atoms with Crippen molar-refractivity contribution in [2.75, 3.05) is 14.2 Å². The quantitative estimate of drug-likeness (QED) is 0.768. The predicted octanol–water partition coefficient (Wildman–Crippen LogP) is 2.73. The topological polar surface area (TPSA) is 48.7 Å². The first kappa shape index (κ1) is 11.9. The lowest BCUT2D eigenvalue weighted by atomic mass is 10.2. The third kappa shape index (κ3) is 2.57.